The van der Waals surface area contributed by atoms with Gasteiger partial charge in [0.25, 0.3) is 0 Å². The van der Waals surface area contributed by atoms with Crippen LogP contribution in [0.15, 0.2) is 6.33 Å². The highest BCUT2D eigenvalue weighted by Gasteiger charge is 2.27. The molecule has 1 aliphatic heterocycles. The first kappa shape index (κ1) is 12.0. The smallest absolute Gasteiger partial charge is 0.225 e. The molecule has 17 heavy (non-hydrogen) atoms. The number of carbonyl (C=O) groups excluding carboxylic acids is 1. The largest absolute Gasteiger partial charge is 0.338 e. The lowest BCUT2D eigenvalue weighted by atomic mass is 9.92. The molecule has 2 rings (SSSR count). The van der Waals surface area contributed by atoms with Crippen LogP contribution in [-0.2, 0) is 11.3 Å². The zero-order chi connectivity index (χ0) is 12.3. The van der Waals surface area contributed by atoms with Crippen LogP contribution < -0.4 is 5.32 Å². The summed E-state index contributed by atoms with van der Waals surface area (Å²) in [6.07, 6.45) is 3.30. The average Bonchev–Trinajstić information content (AvgIpc) is 2.80. The second-order valence-electron chi connectivity index (χ2n) is 4.70. The molecule has 94 valence electrons. The summed E-state index contributed by atoms with van der Waals surface area (Å²) in [5.41, 5.74) is 0. The molecule has 2 atom stereocenters. The van der Waals surface area contributed by atoms with Crippen molar-refractivity contribution in [2.75, 3.05) is 13.6 Å². The topological polar surface area (TPSA) is 73.9 Å². The Morgan fingerprint density at radius 3 is 3.12 bits per heavy atom. The van der Waals surface area contributed by atoms with Crippen LogP contribution in [0.3, 0.4) is 0 Å². The van der Waals surface area contributed by atoms with Gasteiger partial charge in [0.1, 0.15) is 12.2 Å². The van der Waals surface area contributed by atoms with Crippen LogP contribution in [0.1, 0.15) is 25.6 Å². The third-order valence-electron chi connectivity index (χ3n) is 3.20. The van der Waals surface area contributed by atoms with E-state index in [2.05, 4.69) is 27.4 Å². The average molecular weight is 237 g/mol. The van der Waals surface area contributed by atoms with Crippen LogP contribution in [0.4, 0.5) is 0 Å². The Hall–Kier alpha value is -1.43. The van der Waals surface area contributed by atoms with Gasteiger partial charge in [-0.2, -0.15) is 5.10 Å². The Morgan fingerprint density at radius 1 is 1.65 bits per heavy atom. The highest BCUT2D eigenvalue weighted by atomic mass is 16.2. The lowest BCUT2D eigenvalue weighted by molar-refractivity contribution is -0.136. The van der Waals surface area contributed by atoms with Gasteiger partial charge in [-0.3, -0.25) is 9.89 Å². The molecule has 1 saturated heterocycles. The van der Waals surface area contributed by atoms with E-state index in [1.807, 2.05) is 7.05 Å². The van der Waals surface area contributed by atoms with Crippen molar-refractivity contribution in [2.45, 2.75) is 32.4 Å². The maximum atomic E-state index is 12.2. The summed E-state index contributed by atoms with van der Waals surface area (Å²) < 4.78 is 0. The fraction of sp³-hybridized carbons (Fsp3) is 0.727. The van der Waals surface area contributed by atoms with Crippen LogP contribution in [0.5, 0.6) is 0 Å². The van der Waals surface area contributed by atoms with Crippen molar-refractivity contribution in [3.63, 3.8) is 0 Å². The summed E-state index contributed by atoms with van der Waals surface area (Å²) in [6.45, 7) is 3.54. The van der Waals surface area contributed by atoms with Gasteiger partial charge in [0.05, 0.1) is 6.54 Å². The SMILES string of the molecule is CC1CC(C(=O)N(C)Cc2ncn[nH]2)CCN1. The number of nitrogens with one attached hydrogen (secondary N) is 2. The van der Waals surface area contributed by atoms with Crippen molar-refractivity contribution < 1.29 is 4.79 Å². The maximum Gasteiger partial charge on any atom is 0.225 e. The number of hydrogen-bond acceptors (Lipinski definition) is 4. The van der Waals surface area contributed by atoms with Crippen molar-refractivity contribution in [2.24, 2.45) is 5.92 Å². The molecule has 0 saturated carbocycles. The molecule has 2 heterocycles. The second kappa shape index (κ2) is 5.27. The van der Waals surface area contributed by atoms with Crippen LogP contribution in [0.25, 0.3) is 0 Å². The Bertz CT molecular complexity index is 364. The summed E-state index contributed by atoms with van der Waals surface area (Å²) in [6, 6.07) is 0.427. The van der Waals surface area contributed by atoms with Crippen LogP contribution in [0.2, 0.25) is 0 Å². The molecule has 1 amide bonds. The second-order valence-corrected chi connectivity index (χ2v) is 4.70. The lowest BCUT2D eigenvalue weighted by Crippen LogP contribution is -2.42. The molecule has 2 N–H and O–H groups in total. The normalized spacial score (nSPS) is 24.6. The number of piperidine rings is 1. The van der Waals surface area contributed by atoms with Crippen molar-refractivity contribution in [1.29, 1.82) is 0 Å². The third-order valence-corrected chi connectivity index (χ3v) is 3.20. The molecular weight excluding hydrogens is 218 g/mol. The zero-order valence-corrected chi connectivity index (χ0v) is 10.3. The standard InChI is InChI=1S/C11H19N5O/c1-8-5-9(3-4-12-8)11(17)16(2)6-10-13-7-14-15-10/h7-9,12H,3-6H2,1-2H3,(H,13,14,15). The number of aromatic amines is 1. The van der Waals surface area contributed by atoms with Gasteiger partial charge in [-0.1, -0.05) is 0 Å². The monoisotopic (exact) mass is 237 g/mol. The Balaban J connectivity index is 1.90. The molecule has 1 aliphatic rings. The predicted octanol–water partition coefficient (Wildman–Crippen LogP) is 0.151. The minimum absolute atomic E-state index is 0.138. The maximum absolute atomic E-state index is 12.2. The number of amides is 1. The number of rotatable bonds is 3. The first-order valence-electron chi connectivity index (χ1n) is 5.99. The Kier molecular flexibility index (Phi) is 3.73. The fourth-order valence-electron chi connectivity index (χ4n) is 2.28. The van der Waals surface area contributed by atoms with E-state index in [-0.39, 0.29) is 11.8 Å². The Morgan fingerprint density at radius 2 is 2.47 bits per heavy atom. The minimum atomic E-state index is 0.138. The predicted molar refractivity (Wildman–Crippen MR) is 63.0 cm³/mol. The number of nitrogens with zero attached hydrogens (tertiary/aromatic N) is 3. The van der Waals surface area contributed by atoms with Gasteiger partial charge in [0.15, 0.2) is 0 Å². The van der Waals surface area contributed by atoms with E-state index < -0.39 is 0 Å². The molecule has 1 aromatic heterocycles. The number of carbonyl (C=O) groups is 1. The molecule has 0 aromatic carbocycles. The van der Waals surface area contributed by atoms with Gasteiger partial charge in [0, 0.05) is 19.0 Å². The van der Waals surface area contributed by atoms with E-state index in [1.165, 1.54) is 6.33 Å². The van der Waals surface area contributed by atoms with Gasteiger partial charge >= 0.3 is 0 Å². The first-order valence-corrected chi connectivity index (χ1v) is 5.99. The van der Waals surface area contributed by atoms with E-state index >= 15 is 0 Å². The minimum Gasteiger partial charge on any atom is -0.338 e. The summed E-state index contributed by atoms with van der Waals surface area (Å²) in [7, 11) is 1.82. The van der Waals surface area contributed by atoms with Gasteiger partial charge < -0.3 is 10.2 Å². The fourth-order valence-corrected chi connectivity index (χ4v) is 2.28. The molecule has 0 radical (unpaired) electrons. The van der Waals surface area contributed by atoms with Crippen molar-refractivity contribution in [3.8, 4) is 0 Å². The summed E-state index contributed by atoms with van der Waals surface area (Å²) in [4.78, 5) is 18.0. The Labute approximate surface area is 101 Å². The molecular formula is C11H19N5O. The number of aromatic nitrogens is 3. The first-order chi connectivity index (χ1) is 8.16. The quantitative estimate of drug-likeness (QED) is 0.785. The molecule has 0 spiro atoms. The molecule has 1 aromatic rings. The molecule has 1 fully saturated rings. The van der Waals surface area contributed by atoms with Crippen molar-refractivity contribution in [3.05, 3.63) is 12.2 Å². The highest BCUT2D eigenvalue weighted by Crippen LogP contribution is 2.18. The number of hydrogen-bond donors (Lipinski definition) is 2. The third kappa shape index (κ3) is 3.03. The van der Waals surface area contributed by atoms with E-state index in [0.29, 0.717) is 12.6 Å². The molecule has 6 nitrogen and oxygen atoms in total. The summed E-state index contributed by atoms with van der Waals surface area (Å²) in [5, 5.41) is 9.89. The zero-order valence-electron chi connectivity index (χ0n) is 10.3. The number of H-pyrrole nitrogens is 1. The van der Waals surface area contributed by atoms with Crippen LogP contribution in [0, 0.1) is 5.92 Å². The summed E-state index contributed by atoms with van der Waals surface area (Å²) in [5.74, 6) is 1.07. The van der Waals surface area contributed by atoms with E-state index in [0.717, 1.165) is 25.2 Å². The van der Waals surface area contributed by atoms with Gasteiger partial charge in [-0.05, 0) is 26.3 Å². The van der Waals surface area contributed by atoms with Crippen LogP contribution in [-0.4, -0.2) is 45.6 Å². The molecule has 2 unspecified atom stereocenters. The molecule has 6 heteroatoms. The van der Waals surface area contributed by atoms with E-state index in [9.17, 15) is 4.79 Å². The lowest BCUT2D eigenvalue weighted by Gasteiger charge is -2.30. The molecule has 0 bridgehead atoms. The van der Waals surface area contributed by atoms with Crippen LogP contribution >= 0.6 is 0 Å². The van der Waals surface area contributed by atoms with E-state index in [1.54, 1.807) is 4.90 Å². The van der Waals surface area contributed by atoms with Gasteiger partial charge in [0.2, 0.25) is 5.91 Å². The van der Waals surface area contributed by atoms with Crippen molar-refractivity contribution >= 4 is 5.91 Å². The highest BCUT2D eigenvalue weighted by molar-refractivity contribution is 5.78. The van der Waals surface area contributed by atoms with E-state index in [4.69, 9.17) is 0 Å². The van der Waals surface area contributed by atoms with Crippen molar-refractivity contribution in [1.82, 2.24) is 25.4 Å². The van der Waals surface area contributed by atoms with Gasteiger partial charge in [-0.15, -0.1) is 0 Å². The molecule has 0 aliphatic carbocycles. The van der Waals surface area contributed by atoms with Gasteiger partial charge in [-0.25, -0.2) is 4.98 Å². The summed E-state index contributed by atoms with van der Waals surface area (Å²) >= 11 is 0.